The summed E-state index contributed by atoms with van der Waals surface area (Å²) in [5.41, 5.74) is 0. The number of aromatic nitrogens is 2. The van der Waals surface area contributed by atoms with Crippen LogP contribution in [0.15, 0.2) is 12.4 Å². The highest BCUT2D eigenvalue weighted by Crippen LogP contribution is 2.08. The minimum absolute atomic E-state index is 0.713. The first kappa shape index (κ1) is 3.72. The molecule has 0 spiro atoms. The van der Waals surface area contributed by atoms with Crippen LogP contribution in [0.5, 0.6) is 0 Å². The van der Waals surface area contributed by atoms with Crippen molar-refractivity contribution in [2.24, 2.45) is 0 Å². The highest BCUT2D eigenvalue weighted by atomic mass is 15.2. The van der Waals surface area contributed by atoms with E-state index in [9.17, 15) is 0 Å². The van der Waals surface area contributed by atoms with Crippen LogP contribution in [0.2, 0.25) is 0 Å². The smallest absolute Gasteiger partial charge is 0.234 e. The lowest BCUT2D eigenvalue weighted by atomic mass is 10.8. The van der Waals surface area contributed by atoms with Gasteiger partial charge in [-0.05, 0) is 0 Å². The van der Waals surface area contributed by atoms with Crippen LogP contribution in [0.4, 0.5) is 5.95 Å². The standard InChI is InChI=1S/C5H3N3/c1-3-8-4-2-7-5(8)6-1/h1-3H. The largest absolute Gasteiger partial charge is 0.281 e. The van der Waals surface area contributed by atoms with Crippen molar-refractivity contribution in [2.45, 2.75) is 0 Å². The molecule has 1 aliphatic heterocycles. The lowest BCUT2D eigenvalue weighted by Crippen LogP contribution is -1.83. The first-order chi connectivity index (χ1) is 3.97. The van der Waals surface area contributed by atoms with Gasteiger partial charge in [0.15, 0.2) is 0 Å². The van der Waals surface area contributed by atoms with E-state index in [-0.39, 0.29) is 0 Å². The zero-order chi connectivity index (χ0) is 5.40. The normalized spacial score (nSPS) is 13.5. The van der Waals surface area contributed by atoms with Gasteiger partial charge in [0.05, 0.1) is 12.4 Å². The zero-order valence-corrected chi connectivity index (χ0v) is 4.07. The van der Waals surface area contributed by atoms with Crippen molar-refractivity contribution < 1.29 is 0 Å². The van der Waals surface area contributed by atoms with Crippen LogP contribution in [-0.2, 0) is 0 Å². The molecule has 3 heteroatoms. The molecule has 2 rings (SSSR count). The first-order valence-electron chi connectivity index (χ1n) is 2.29. The maximum absolute atomic E-state index is 3.90. The van der Waals surface area contributed by atoms with E-state index in [0.717, 1.165) is 0 Å². The van der Waals surface area contributed by atoms with Gasteiger partial charge in [0.1, 0.15) is 0 Å². The van der Waals surface area contributed by atoms with Gasteiger partial charge in [0.2, 0.25) is 5.95 Å². The van der Waals surface area contributed by atoms with Gasteiger partial charge in [-0.1, -0.05) is 0 Å². The van der Waals surface area contributed by atoms with Gasteiger partial charge >= 0.3 is 0 Å². The van der Waals surface area contributed by atoms with Crippen LogP contribution in [-0.4, -0.2) is 9.55 Å². The molecule has 0 bridgehead atoms. The van der Waals surface area contributed by atoms with Crippen molar-refractivity contribution in [1.82, 2.24) is 14.9 Å². The van der Waals surface area contributed by atoms with Crippen LogP contribution in [0, 0.1) is 6.20 Å². The minimum atomic E-state index is 0.713. The van der Waals surface area contributed by atoms with E-state index < -0.39 is 0 Å². The SMILES string of the molecule is [c]1cnc2n1C=C[N]2. The Kier molecular flexibility index (Phi) is 0.521. The fourth-order valence-corrected chi connectivity index (χ4v) is 0.641. The molecule has 8 heavy (non-hydrogen) atoms. The summed E-state index contributed by atoms with van der Waals surface area (Å²) >= 11 is 0. The highest BCUT2D eigenvalue weighted by Gasteiger charge is 2.03. The number of nitrogens with zero attached hydrogens (tertiary/aromatic N) is 3. The molecule has 0 N–H and O–H groups in total. The molecule has 0 amide bonds. The minimum Gasteiger partial charge on any atom is -0.281 e. The van der Waals surface area contributed by atoms with Crippen LogP contribution < -0.4 is 5.32 Å². The van der Waals surface area contributed by atoms with Gasteiger partial charge in [-0.15, -0.1) is 0 Å². The fraction of sp³-hybridized carbons (Fsp3) is 0. The Balaban J connectivity index is 2.67. The monoisotopic (exact) mass is 105 g/mol. The summed E-state index contributed by atoms with van der Waals surface area (Å²) in [4.78, 5) is 3.88. The van der Waals surface area contributed by atoms with Gasteiger partial charge in [-0.2, -0.15) is 0 Å². The van der Waals surface area contributed by atoms with Gasteiger partial charge in [0.25, 0.3) is 0 Å². The van der Waals surface area contributed by atoms with E-state index in [1.807, 2.05) is 6.20 Å². The molecule has 0 saturated heterocycles. The lowest BCUT2D eigenvalue weighted by Gasteiger charge is -1.83. The number of imidazole rings is 1. The van der Waals surface area contributed by atoms with E-state index in [0.29, 0.717) is 5.95 Å². The van der Waals surface area contributed by atoms with Gasteiger partial charge in [-0.3, -0.25) is 4.57 Å². The zero-order valence-electron chi connectivity index (χ0n) is 4.07. The Morgan fingerprint density at radius 2 is 2.62 bits per heavy atom. The van der Waals surface area contributed by atoms with E-state index in [1.54, 1.807) is 17.0 Å². The quantitative estimate of drug-likeness (QED) is 0.468. The summed E-state index contributed by atoms with van der Waals surface area (Å²) in [6.45, 7) is 0. The third kappa shape index (κ3) is 0.307. The summed E-state index contributed by atoms with van der Waals surface area (Å²) in [7, 11) is 0. The second-order valence-electron chi connectivity index (χ2n) is 1.48. The van der Waals surface area contributed by atoms with Crippen LogP contribution in [0.25, 0.3) is 6.20 Å². The average Bonchev–Trinajstić information content (AvgIpc) is 2.15. The van der Waals surface area contributed by atoms with Crippen molar-refractivity contribution in [3.8, 4) is 0 Å². The van der Waals surface area contributed by atoms with Gasteiger partial charge < -0.3 is 0 Å². The van der Waals surface area contributed by atoms with Crippen LogP contribution >= 0.6 is 0 Å². The molecule has 38 valence electrons. The average molecular weight is 105 g/mol. The van der Waals surface area contributed by atoms with Crippen LogP contribution in [0.3, 0.4) is 0 Å². The molecule has 0 fully saturated rings. The van der Waals surface area contributed by atoms with Crippen molar-refractivity contribution in [3.63, 3.8) is 0 Å². The molecule has 0 aromatic carbocycles. The topological polar surface area (TPSA) is 31.9 Å². The summed E-state index contributed by atoms with van der Waals surface area (Å²) in [6.07, 6.45) is 7.94. The van der Waals surface area contributed by atoms with E-state index in [4.69, 9.17) is 0 Å². The summed E-state index contributed by atoms with van der Waals surface area (Å²) in [5.74, 6) is 0.713. The Morgan fingerprint density at radius 3 is 3.50 bits per heavy atom. The summed E-state index contributed by atoms with van der Waals surface area (Å²) in [6, 6.07) is 0. The predicted octanol–water partition coefficient (Wildman–Crippen LogP) is 0.361. The predicted molar refractivity (Wildman–Crippen MR) is 28.2 cm³/mol. The lowest BCUT2D eigenvalue weighted by molar-refractivity contribution is 1.05. The Hall–Kier alpha value is -1.25. The molecule has 1 aromatic heterocycles. The molecule has 3 nitrogen and oxygen atoms in total. The number of hydrogen-bond acceptors (Lipinski definition) is 1. The number of rotatable bonds is 0. The maximum Gasteiger partial charge on any atom is 0.234 e. The van der Waals surface area contributed by atoms with Crippen molar-refractivity contribution in [3.05, 3.63) is 18.6 Å². The second kappa shape index (κ2) is 1.12. The van der Waals surface area contributed by atoms with Crippen molar-refractivity contribution in [1.29, 1.82) is 0 Å². The Labute approximate surface area is 46.7 Å². The third-order valence-corrected chi connectivity index (χ3v) is 0.998. The van der Waals surface area contributed by atoms with Gasteiger partial charge in [0, 0.05) is 12.4 Å². The summed E-state index contributed by atoms with van der Waals surface area (Å²) < 4.78 is 1.74. The molecule has 0 aliphatic carbocycles. The number of fused-ring (bicyclic) bond motifs is 1. The Bertz CT molecular complexity index is 223. The fourth-order valence-electron chi connectivity index (χ4n) is 0.641. The molecule has 1 aromatic rings. The molecule has 2 radical (unpaired) electrons. The molecular formula is C5H3N3. The van der Waals surface area contributed by atoms with E-state index in [1.165, 1.54) is 0 Å². The Morgan fingerprint density at radius 1 is 1.62 bits per heavy atom. The molecule has 0 saturated carbocycles. The van der Waals surface area contributed by atoms with E-state index in [2.05, 4.69) is 16.5 Å². The van der Waals surface area contributed by atoms with Gasteiger partial charge in [-0.25, -0.2) is 10.3 Å². The molecule has 0 atom stereocenters. The molecule has 1 aliphatic rings. The van der Waals surface area contributed by atoms with Crippen molar-refractivity contribution >= 4 is 12.1 Å². The number of hydrogen-bond donors (Lipinski definition) is 0. The van der Waals surface area contributed by atoms with E-state index >= 15 is 0 Å². The van der Waals surface area contributed by atoms with Crippen molar-refractivity contribution in [2.75, 3.05) is 0 Å². The molecular weight excluding hydrogens is 102 g/mol. The highest BCUT2D eigenvalue weighted by molar-refractivity contribution is 5.40. The third-order valence-electron chi connectivity index (χ3n) is 0.998. The summed E-state index contributed by atoms with van der Waals surface area (Å²) in [5, 5.41) is 3.90. The first-order valence-corrected chi connectivity index (χ1v) is 2.29. The maximum atomic E-state index is 3.90. The van der Waals surface area contributed by atoms with Crippen LogP contribution in [0.1, 0.15) is 0 Å². The second-order valence-corrected chi connectivity index (χ2v) is 1.48. The molecule has 0 unspecified atom stereocenters. The molecule has 2 heterocycles.